The summed E-state index contributed by atoms with van der Waals surface area (Å²) in [7, 11) is 0. The average Bonchev–Trinajstić information content (AvgIpc) is 2.42. The number of hydrogen-bond donors (Lipinski definition) is 0. The van der Waals surface area contributed by atoms with Crippen molar-refractivity contribution in [3.8, 4) is 0 Å². The molecule has 0 aromatic carbocycles. The summed E-state index contributed by atoms with van der Waals surface area (Å²) >= 11 is 0. The number of ether oxygens (including phenoxy) is 2. The van der Waals surface area contributed by atoms with Crippen LogP contribution < -0.4 is 0 Å². The molecule has 4 heteroatoms. The van der Waals surface area contributed by atoms with Crippen molar-refractivity contribution in [3.05, 3.63) is 37.0 Å². The molecule has 0 aromatic heterocycles. The van der Waals surface area contributed by atoms with Gasteiger partial charge in [-0.15, -0.1) is 0 Å². The number of carbonyl (C=O) groups excluding carboxylic acids is 2. The molecule has 0 fully saturated rings. The van der Waals surface area contributed by atoms with Gasteiger partial charge in [0.25, 0.3) is 0 Å². The minimum absolute atomic E-state index is 0.166. The number of esters is 2. The van der Waals surface area contributed by atoms with Gasteiger partial charge in [0.15, 0.2) is 0 Å². The van der Waals surface area contributed by atoms with Crippen molar-refractivity contribution in [3.63, 3.8) is 0 Å². The average molecular weight is 250 g/mol. The van der Waals surface area contributed by atoms with E-state index in [0.717, 1.165) is 0 Å². The maximum atomic E-state index is 11.6. The van der Waals surface area contributed by atoms with E-state index in [9.17, 15) is 9.59 Å². The SMILES string of the molecule is C=CCOC(=O)C1=CCC(C(=O)OCC=C)CC1. The molecule has 4 nitrogen and oxygen atoms in total. The molecule has 1 aliphatic rings. The van der Waals surface area contributed by atoms with E-state index in [1.165, 1.54) is 12.2 Å². The summed E-state index contributed by atoms with van der Waals surface area (Å²) in [5.41, 5.74) is 0.629. The molecular formula is C14H18O4. The lowest BCUT2D eigenvalue weighted by Gasteiger charge is -2.19. The van der Waals surface area contributed by atoms with Crippen LogP contribution in [0.4, 0.5) is 0 Å². The van der Waals surface area contributed by atoms with E-state index in [1.54, 1.807) is 6.08 Å². The van der Waals surface area contributed by atoms with Gasteiger partial charge in [-0.05, 0) is 19.3 Å². The van der Waals surface area contributed by atoms with Gasteiger partial charge in [-0.25, -0.2) is 4.79 Å². The molecule has 0 spiro atoms. The Morgan fingerprint density at radius 1 is 1.28 bits per heavy atom. The highest BCUT2D eigenvalue weighted by Gasteiger charge is 2.25. The lowest BCUT2D eigenvalue weighted by Crippen LogP contribution is -2.22. The van der Waals surface area contributed by atoms with Gasteiger partial charge in [0.2, 0.25) is 0 Å². The Morgan fingerprint density at radius 2 is 1.94 bits per heavy atom. The van der Waals surface area contributed by atoms with Crippen LogP contribution in [0.25, 0.3) is 0 Å². The summed E-state index contributed by atoms with van der Waals surface area (Å²) in [5.74, 6) is -0.724. The number of hydrogen-bond acceptors (Lipinski definition) is 4. The molecule has 0 saturated heterocycles. The van der Waals surface area contributed by atoms with Crippen molar-refractivity contribution in [2.24, 2.45) is 5.92 Å². The second-order valence-corrected chi connectivity index (χ2v) is 4.01. The number of carbonyl (C=O) groups is 2. The molecular weight excluding hydrogens is 232 g/mol. The first-order valence-electron chi connectivity index (χ1n) is 5.93. The third kappa shape index (κ3) is 4.20. The molecule has 1 aliphatic carbocycles. The van der Waals surface area contributed by atoms with Crippen LogP contribution >= 0.6 is 0 Å². The molecule has 0 aliphatic heterocycles. The number of allylic oxidation sites excluding steroid dienone is 1. The van der Waals surface area contributed by atoms with Gasteiger partial charge in [0.1, 0.15) is 13.2 Å². The van der Waals surface area contributed by atoms with Gasteiger partial charge in [-0.3, -0.25) is 4.79 Å². The van der Waals surface area contributed by atoms with E-state index >= 15 is 0 Å². The van der Waals surface area contributed by atoms with E-state index < -0.39 is 0 Å². The van der Waals surface area contributed by atoms with Crippen LogP contribution in [0.1, 0.15) is 19.3 Å². The Kier molecular flexibility index (Phi) is 5.91. The van der Waals surface area contributed by atoms with E-state index in [4.69, 9.17) is 9.47 Å². The minimum Gasteiger partial charge on any atom is -0.461 e. The fourth-order valence-electron chi connectivity index (χ4n) is 1.72. The predicted molar refractivity (Wildman–Crippen MR) is 67.7 cm³/mol. The van der Waals surface area contributed by atoms with E-state index in [1.807, 2.05) is 0 Å². The van der Waals surface area contributed by atoms with Crippen LogP contribution in [0.5, 0.6) is 0 Å². The molecule has 0 N–H and O–H groups in total. The maximum absolute atomic E-state index is 11.6. The van der Waals surface area contributed by atoms with Gasteiger partial charge < -0.3 is 9.47 Å². The topological polar surface area (TPSA) is 52.6 Å². The summed E-state index contributed by atoms with van der Waals surface area (Å²) in [6.07, 6.45) is 6.50. The van der Waals surface area contributed by atoms with Gasteiger partial charge in [0.05, 0.1) is 5.92 Å². The largest absolute Gasteiger partial charge is 0.461 e. The second-order valence-electron chi connectivity index (χ2n) is 4.01. The first-order chi connectivity index (χ1) is 8.69. The molecule has 1 unspecified atom stereocenters. The minimum atomic E-state index is -0.326. The standard InChI is InChI=1S/C14H18O4/c1-3-9-17-13(15)11-5-7-12(8-6-11)14(16)18-10-4-2/h3-5,12H,1-2,6-10H2. The first kappa shape index (κ1) is 14.2. The number of rotatable bonds is 6. The Bertz CT molecular complexity index is 368. The lowest BCUT2D eigenvalue weighted by molar-refractivity contribution is -0.148. The van der Waals surface area contributed by atoms with Gasteiger partial charge in [-0.1, -0.05) is 31.4 Å². The van der Waals surface area contributed by atoms with Crippen molar-refractivity contribution in [2.45, 2.75) is 19.3 Å². The zero-order valence-electron chi connectivity index (χ0n) is 10.4. The molecule has 98 valence electrons. The smallest absolute Gasteiger partial charge is 0.333 e. The zero-order chi connectivity index (χ0) is 13.4. The predicted octanol–water partition coefficient (Wildman–Crippen LogP) is 2.17. The molecule has 0 heterocycles. The lowest BCUT2D eigenvalue weighted by atomic mass is 9.90. The van der Waals surface area contributed by atoms with Crippen LogP contribution in [0.3, 0.4) is 0 Å². The highest BCUT2D eigenvalue weighted by atomic mass is 16.5. The molecule has 18 heavy (non-hydrogen) atoms. The van der Waals surface area contributed by atoms with Crippen molar-refractivity contribution < 1.29 is 19.1 Å². The van der Waals surface area contributed by atoms with Crippen LogP contribution in [0.2, 0.25) is 0 Å². The fourth-order valence-corrected chi connectivity index (χ4v) is 1.72. The third-order valence-corrected chi connectivity index (χ3v) is 2.68. The second kappa shape index (κ2) is 7.48. The van der Waals surface area contributed by atoms with E-state index in [2.05, 4.69) is 13.2 Å². The van der Waals surface area contributed by atoms with Crippen molar-refractivity contribution in [1.82, 2.24) is 0 Å². The molecule has 0 amide bonds. The Hall–Kier alpha value is -1.84. The fraction of sp³-hybridized carbons (Fsp3) is 0.429. The molecule has 0 saturated carbocycles. The summed E-state index contributed by atoms with van der Waals surface area (Å²) in [6, 6.07) is 0. The third-order valence-electron chi connectivity index (χ3n) is 2.68. The molecule has 0 aromatic rings. The van der Waals surface area contributed by atoms with Crippen LogP contribution in [-0.4, -0.2) is 25.2 Å². The molecule has 1 atom stereocenters. The summed E-state index contributed by atoms with van der Waals surface area (Å²) < 4.78 is 9.91. The first-order valence-corrected chi connectivity index (χ1v) is 5.93. The Morgan fingerprint density at radius 3 is 2.50 bits per heavy atom. The summed E-state index contributed by atoms with van der Waals surface area (Å²) in [4.78, 5) is 23.1. The van der Waals surface area contributed by atoms with Crippen molar-refractivity contribution in [1.29, 1.82) is 0 Å². The van der Waals surface area contributed by atoms with Crippen molar-refractivity contribution in [2.75, 3.05) is 13.2 Å². The highest BCUT2D eigenvalue weighted by molar-refractivity contribution is 5.89. The molecule has 0 radical (unpaired) electrons. The van der Waals surface area contributed by atoms with E-state index in [-0.39, 0.29) is 31.1 Å². The zero-order valence-corrected chi connectivity index (χ0v) is 10.4. The monoisotopic (exact) mass is 250 g/mol. The van der Waals surface area contributed by atoms with Gasteiger partial charge in [0, 0.05) is 5.57 Å². The van der Waals surface area contributed by atoms with E-state index in [0.29, 0.717) is 24.8 Å². The quantitative estimate of drug-likeness (QED) is 0.535. The summed E-state index contributed by atoms with van der Waals surface area (Å²) in [5, 5.41) is 0. The van der Waals surface area contributed by atoms with Gasteiger partial charge >= 0.3 is 11.9 Å². The Balaban J connectivity index is 2.44. The van der Waals surface area contributed by atoms with Gasteiger partial charge in [-0.2, -0.15) is 0 Å². The van der Waals surface area contributed by atoms with Crippen LogP contribution in [-0.2, 0) is 19.1 Å². The van der Waals surface area contributed by atoms with Crippen LogP contribution in [0, 0.1) is 5.92 Å². The Labute approximate surface area is 107 Å². The highest BCUT2D eigenvalue weighted by Crippen LogP contribution is 2.25. The summed E-state index contributed by atoms with van der Waals surface area (Å²) in [6.45, 7) is 7.40. The van der Waals surface area contributed by atoms with Crippen molar-refractivity contribution >= 4 is 11.9 Å². The maximum Gasteiger partial charge on any atom is 0.333 e. The molecule has 1 rings (SSSR count). The molecule has 0 bridgehead atoms. The normalized spacial score (nSPS) is 18.4. The van der Waals surface area contributed by atoms with Crippen LogP contribution in [0.15, 0.2) is 37.0 Å².